The van der Waals surface area contributed by atoms with Crippen molar-refractivity contribution >= 4 is 25.9 Å². The third kappa shape index (κ3) is 13.8. The minimum atomic E-state index is -0.833. The molecule has 2 aliphatic rings. The van der Waals surface area contributed by atoms with E-state index in [0.29, 0.717) is 12.3 Å². The van der Waals surface area contributed by atoms with Gasteiger partial charge in [-0.3, -0.25) is 14.4 Å². The summed E-state index contributed by atoms with van der Waals surface area (Å²) in [4.78, 5) is 35.5. The van der Waals surface area contributed by atoms with Crippen molar-refractivity contribution < 1.29 is 28.6 Å². The van der Waals surface area contributed by atoms with Gasteiger partial charge in [0.05, 0.1) is 12.2 Å². The van der Waals surface area contributed by atoms with Gasteiger partial charge in [0.15, 0.2) is 0 Å². The summed E-state index contributed by atoms with van der Waals surface area (Å²) in [5.41, 5.74) is 0.911. The maximum atomic E-state index is 12.5. The summed E-state index contributed by atoms with van der Waals surface area (Å²) in [6.07, 6.45) is 15.0. The van der Waals surface area contributed by atoms with Crippen LogP contribution in [0.1, 0.15) is 103 Å². The molecule has 7 heteroatoms. The van der Waals surface area contributed by atoms with Crippen LogP contribution in [0.25, 0.3) is 0 Å². The number of carbonyl (C=O) groups excluding carboxylic acids is 3. The smallest absolute Gasteiger partial charge is 0.319 e. The van der Waals surface area contributed by atoms with E-state index in [9.17, 15) is 14.4 Å². The van der Waals surface area contributed by atoms with E-state index in [-0.39, 0.29) is 32.7 Å². The molecule has 3 unspecified atom stereocenters. The van der Waals surface area contributed by atoms with E-state index in [4.69, 9.17) is 14.2 Å². The number of hydrogen-bond donors (Lipinski definition) is 0. The molecule has 217 valence electrons. The van der Waals surface area contributed by atoms with Crippen molar-refractivity contribution in [3.05, 3.63) is 35.9 Å². The first kappa shape index (κ1) is 35.0. The molecule has 0 N–H and O–H groups in total. The first-order valence-electron chi connectivity index (χ1n) is 14.6. The largest absolute Gasteiger partial charge is 0.460 e. The Bertz CT molecular complexity index is 817. The molecular formula is C32H50BO6. The third-order valence-corrected chi connectivity index (χ3v) is 8.05. The van der Waals surface area contributed by atoms with Crippen LogP contribution in [-0.2, 0) is 35.2 Å². The number of benzene rings is 1. The lowest BCUT2D eigenvalue weighted by Gasteiger charge is -2.29. The van der Waals surface area contributed by atoms with E-state index in [1.807, 2.05) is 30.3 Å². The van der Waals surface area contributed by atoms with Crippen LogP contribution >= 0.6 is 0 Å². The zero-order chi connectivity index (χ0) is 27.8. The average molecular weight is 542 g/mol. The van der Waals surface area contributed by atoms with Crippen molar-refractivity contribution in [3.63, 3.8) is 0 Å². The number of Topliss-reactive ketones (excluding diaryl/α,β-unsaturated/α-hetero) is 2. The van der Waals surface area contributed by atoms with E-state index in [1.54, 1.807) is 21.1 Å². The maximum absolute atomic E-state index is 12.5. The molecule has 0 amide bonds. The van der Waals surface area contributed by atoms with E-state index >= 15 is 0 Å². The van der Waals surface area contributed by atoms with Gasteiger partial charge in [0.25, 0.3) is 0 Å². The Labute approximate surface area is 238 Å². The topological polar surface area (TPSA) is 78.9 Å². The molecule has 0 spiro atoms. The molecule has 0 saturated heterocycles. The fourth-order valence-electron chi connectivity index (χ4n) is 5.90. The molecule has 2 aliphatic carbocycles. The number of methoxy groups -OCH3 is 2. The van der Waals surface area contributed by atoms with E-state index in [2.05, 4.69) is 0 Å². The van der Waals surface area contributed by atoms with Crippen LogP contribution in [0.4, 0.5) is 0 Å². The summed E-state index contributed by atoms with van der Waals surface area (Å²) in [5, 5.41) is 0. The summed E-state index contributed by atoms with van der Waals surface area (Å²) in [6.45, 7) is 3.28. The van der Waals surface area contributed by atoms with Crippen molar-refractivity contribution in [2.75, 3.05) is 14.2 Å². The predicted octanol–water partition coefficient (Wildman–Crippen LogP) is 6.49. The summed E-state index contributed by atoms with van der Waals surface area (Å²) in [7, 11) is 3.30. The van der Waals surface area contributed by atoms with Crippen molar-refractivity contribution in [1.82, 2.24) is 0 Å². The van der Waals surface area contributed by atoms with Gasteiger partial charge in [0.2, 0.25) is 0 Å². The Morgan fingerprint density at radius 1 is 0.795 bits per heavy atom. The molecule has 0 aromatic heterocycles. The minimum absolute atomic E-state index is 0. The zero-order valence-corrected chi connectivity index (χ0v) is 24.7. The van der Waals surface area contributed by atoms with Crippen LogP contribution in [0.2, 0.25) is 0 Å². The number of ketones is 2. The van der Waals surface area contributed by atoms with E-state index < -0.39 is 18.0 Å². The maximum Gasteiger partial charge on any atom is 0.319 e. The number of hydrogen-bond acceptors (Lipinski definition) is 6. The Kier molecular flexibility index (Phi) is 17.9. The summed E-state index contributed by atoms with van der Waals surface area (Å²) in [6, 6.07) is 9.49. The zero-order valence-electron chi connectivity index (χ0n) is 24.7. The fourth-order valence-corrected chi connectivity index (χ4v) is 5.90. The highest BCUT2D eigenvalue weighted by molar-refractivity contribution is 5.98. The standard InChI is InChI=1S/C20H28O4.C12H22O2.B/c1-15(21)19(18(23-2)13-16-9-5-3-6-10-16)20(22)24-14-17-11-7-4-8-12-17;1-10(13)8-12(14-2)9-11-6-4-3-5-7-11;/h4,7-8,11-12,16,18-19H,3,5-6,9-10,13-14H2,1-2H3;11-12H,3-9H2,1-2H3;. The minimum Gasteiger partial charge on any atom is -0.460 e. The van der Waals surface area contributed by atoms with Gasteiger partial charge in [0, 0.05) is 29.1 Å². The molecule has 0 heterocycles. The highest BCUT2D eigenvalue weighted by atomic mass is 16.5. The Balaban J connectivity index is 0.000000434. The van der Waals surface area contributed by atoms with E-state index in [1.165, 1.54) is 58.3 Å². The van der Waals surface area contributed by atoms with Crippen molar-refractivity contribution in [3.8, 4) is 0 Å². The molecule has 2 saturated carbocycles. The highest BCUT2D eigenvalue weighted by Gasteiger charge is 2.35. The number of ether oxygens (including phenoxy) is 3. The van der Waals surface area contributed by atoms with Gasteiger partial charge in [-0.25, -0.2) is 0 Å². The molecule has 3 atom stereocenters. The quantitative estimate of drug-likeness (QED) is 0.161. The molecule has 0 bridgehead atoms. The second kappa shape index (κ2) is 20.0. The Morgan fingerprint density at radius 2 is 1.33 bits per heavy atom. The van der Waals surface area contributed by atoms with Gasteiger partial charge in [0.1, 0.15) is 24.1 Å². The molecule has 39 heavy (non-hydrogen) atoms. The highest BCUT2D eigenvalue weighted by Crippen LogP contribution is 2.31. The number of rotatable bonds is 13. The number of esters is 1. The van der Waals surface area contributed by atoms with E-state index in [0.717, 1.165) is 37.2 Å². The summed E-state index contributed by atoms with van der Waals surface area (Å²) < 4.78 is 16.3. The molecule has 6 nitrogen and oxygen atoms in total. The monoisotopic (exact) mass is 541 g/mol. The van der Waals surface area contributed by atoms with Gasteiger partial charge < -0.3 is 14.2 Å². The van der Waals surface area contributed by atoms with Gasteiger partial charge in [-0.15, -0.1) is 0 Å². The average Bonchev–Trinajstić information content (AvgIpc) is 2.92. The Morgan fingerprint density at radius 3 is 1.79 bits per heavy atom. The lowest BCUT2D eigenvalue weighted by Crippen LogP contribution is -2.38. The molecular weight excluding hydrogens is 491 g/mol. The number of carbonyl (C=O) groups is 3. The molecule has 2 fully saturated rings. The lowest BCUT2D eigenvalue weighted by molar-refractivity contribution is -0.159. The second-order valence-corrected chi connectivity index (χ2v) is 11.2. The third-order valence-electron chi connectivity index (χ3n) is 8.05. The van der Waals surface area contributed by atoms with Crippen molar-refractivity contribution in [2.24, 2.45) is 17.8 Å². The van der Waals surface area contributed by atoms with Crippen LogP contribution in [-0.4, -0.2) is 52.4 Å². The van der Waals surface area contributed by atoms with Crippen LogP contribution in [0, 0.1) is 17.8 Å². The lowest BCUT2D eigenvalue weighted by atomic mass is 9.82. The fraction of sp³-hybridized carbons (Fsp3) is 0.719. The molecule has 0 aliphatic heterocycles. The van der Waals surface area contributed by atoms with Crippen molar-refractivity contribution in [1.29, 1.82) is 0 Å². The second-order valence-electron chi connectivity index (χ2n) is 11.2. The first-order valence-corrected chi connectivity index (χ1v) is 14.6. The van der Waals surface area contributed by atoms with Gasteiger partial charge in [-0.05, 0) is 44.1 Å². The van der Waals surface area contributed by atoms with Gasteiger partial charge in [-0.1, -0.05) is 94.5 Å². The normalized spacial score (nSPS) is 18.5. The SMILES string of the molecule is COC(CC(C)=O)CC1CCCCC1.COC(CC1CCCCC1)C(C(C)=O)C(=O)OCc1ccccc1.[B]. The van der Waals surface area contributed by atoms with Crippen molar-refractivity contribution in [2.45, 2.75) is 116 Å². The molecule has 1 aromatic carbocycles. The predicted molar refractivity (Wildman–Crippen MR) is 155 cm³/mol. The van der Waals surface area contributed by atoms with Crippen LogP contribution in [0.15, 0.2) is 30.3 Å². The van der Waals surface area contributed by atoms with Crippen LogP contribution in [0.5, 0.6) is 0 Å². The van der Waals surface area contributed by atoms with Crippen LogP contribution in [0.3, 0.4) is 0 Å². The molecule has 1 aromatic rings. The van der Waals surface area contributed by atoms with Gasteiger partial charge in [-0.2, -0.15) is 0 Å². The molecule has 3 radical (unpaired) electrons. The summed E-state index contributed by atoms with van der Waals surface area (Å²) in [5.74, 6) is 0.0820. The molecule has 3 rings (SSSR count). The van der Waals surface area contributed by atoms with Crippen LogP contribution < -0.4 is 0 Å². The van der Waals surface area contributed by atoms with Gasteiger partial charge >= 0.3 is 5.97 Å². The summed E-state index contributed by atoms with van der Waals surface area (Å²) >= 11 is 0. The Hall–Kier alpha value is -1.99. The first-order chi connectivity index (χ1) is 18.3.